The Morgan fingerprint density at radius 1 is 0.727 bits per heavy atom. The van der Waals surface area contributed by atoms with Gasteiger partial charge in [-0.25, -0.2) is 9.59 Å². The molecule has 112 valence electrons. The first-order valence-electron chi connectivity index (χ1n) is 5.91. The molecule has 0 fully saturated rings. The van der Waals surface area contributed by atoms with Crippen LogP contribution in [0.4, 0.5) is 0 Å². The van der Waals surface area contributed by atoms with Crippen molar-refractivity contribution in [3.05, 3.63) is 68.7 Å². The average Bonchev–Trinajstić information content (AvgIpc) is 2.47. The van der Waals surface area contributed by atoms with E-state index in [2.05, 4.69) is 0 Å². The summed E-state index contributed by atoms with van der Waals surface area (Å²) in [5.41, 5.74) is -0.249. The second kappa shape index (κ2) is 6.17. The lowest BCUT2D eigenvalue weighted by molar-refractivity contribution is 0.0686. The largest absolute Gasteiger partial charge is 0.478 e. The molecule has 0 radical (unpaired) electrons. The average molecular weight is 339 g/mol. The third kappa shape index (κ3) is 3.10. The quantitative estimate of drug-likeness (QED) is 0.830. The van der Waals surface area contributed by atoms with Crippen LogP contribution in [0.5, 0.6) is 0 Å². The predicted octanol–water partition coefficient (Wildman–Crippen LogP) is 3.62. The molecule has 0 amide bonds. The van der Waals surface area contributed by atoms with Crippen LogP contribution in [-0.4, -0.2) is 27.9 Å². The first kappa shape index (κ1) is 16.0. The number of hydrogen-bond donors (Lipinski definition) is 2. The van der Waals surface area contributed by atoms with Gasteiger partial charge < -0.3 is 10.2 Å². The molecule has 2 aromatic rings. The number of carboxylic acids is 2. The number of hydrogen-bond acceptors (Lipinski definition) is 3. The van der Waals surface area contributed by atoms with E-state index in [0.29, 0.717) is 0 Å². The second-order valence-electron chi connectivity index (χ2n) is 4.33. The summed E-state index contributed by atoms with van der Waals surface area (Å²) in [5, 5.41) is 18.0. The minimum atomic E-state index is -1.26. The van der Waals surface area contributed by atoms with Crippen LogP contribution in [0, 0.1) is 0 Å². The van der Waals surface area contributed by atoms with Crippen molar-refractivity contribution < 1.29 is 24.6 Å². The van der Waals surface area contributed by atoms with E-state index >= 15 is 0 Å². The Hall–Kier alpha value is -2.37. The Bertz CT molecular complexity index is 733. The normalized spacial score (nSPS) is 10.3. The van der Waals surface area contributed by atoms with Gasteiger partial charge in [0.2, 0.25) is 0 Å². The molecule has 0 aliphatic rings. The second-order valence-corrected chi connectivity index (χ2v) is 5.14. The van der Waals surface area contributed by atoms with E-state index < -0.39 is 17.7 Å². The number of ketones is 1. The van der Waals surface area contributed by atoms with E-state index in [1.807, 2.05) is 0 Å². The minimum Gasteiger partial charge on any atom is -0.478 e. The van der Waals surface area contributed by atoms with Crippen LogP contribution in [0.25, 0.3) is 0 Å². The molecule has 7 heteroatoms. The van der Waals surface area contributed by atoms with Gasteiger partial charge in [0, 0.05) is 11.1 Å². The van der Waals surface area contributed by atoms with Gasteiger partial charge in [-0.2, -0.15) is 0 Å². The molecule has 0 atom stereocenters. The van der Waals surface area contributed by atoms with Crippen LogP contribution in [-0.2, 0) is 0 Å². The number of halogens is 2. The van der Waals surface area contributed by atoms with Crippen LogP contribution in [0.1, 0.15) is 36.6 Å². The molecule has 0 aromatic heterocycles. The Balaban J connectivity index is 2.49. The number of carboxylic acid groups (broad SMARTS) is 2. The van der Waals surface area contributed by atoms with E-state index in [1.165, 1.54) is 24.3 Å². The predicted molar refractivity (Wildman–Crippen MR) is 80.3 cm³/mol. The molecule has 2 rings (SSSR count). The fraction of sp³-hybridized carbons (Fsp3) is 0. The maximum absolute atomic E-state index is 12.3. The Kier molecular flexibility index (Phi) is 4.49. The molecule has 0 aliphatic carbocycles. The van der Waals surface area contributed by atoms with E-state index in [9.17, 15) is 14.4 Å². The minimum absolute atomic E-state index is 0.00591. The van der Waals surface area contributed by atoms with Crippen molar-refractivity contribution in [1.29, 1.82) is 0 Å². The van der Waals surface area contributed by atoms with Crippen molar-refractivity contribution in [2.24, 2.45) is 0 Å². The van der Waals surface area contributed by atoms with Gasteiger partial charge in [0.25, 0.3) is 0 Å². The van der Waals surface area contributed by atoms with Gasteiger partial charge in [-0.1, -0.05) is 23.2 Å². The SMILES string of the molecule is O=C(c1ccc(Cl)c(C(=O)O)c1)c1ccc(Cl)c(C(=O)O)c1. The summed E-state index contributed by atoms with van der Waals surface area (Å²) in [7, 11) is 0. The highest BCUT2D eigenvalue weighted by Gasteiger charge is 2.17. The van der Waals surface area contributed by atoms with Crippen LogP contribution < -0.4 is 0 Å². The van der Waals surface area contributed by atoms with Crippen molar-refractivity contribution in [3.8, 4) is 0 Å². The van der Waals surface area contributed by atoms with Crippen molar-refractivity contribution in [1.82, 2.24) is 0 Å². The lowest BCUT2D eigenvalue weighted by atomic mass is 9.99. The summed E-state index contributed by atoms with van der Waals surface area (Å²) in [5.74, 6) is -3.05. The number of carbonyl (C=O) groups excluding carboxylic acids is 1. The fourth-order valence-electron chi connectivity index (χ4n) is 1.83. The Morgan fingerprint density at radius 3 is 1.41 bits per heavy atom. The standard InChI is InChI=1S/C15H8Cl2O5/c16-11-3-1-7(5-9(11)14(19)20)13(18)8-2-4-12(17)10(6-8)15(21)22/h1-6H,(H,19,20)(H,21,22). The molecule has 0 saturated heterocycles. The van der Waals surface area contributed by atoms with Crippen LogP contribution in [0.15, 0.2) is 36.4 Å². The van der Waals surface area contributed by atoms with Crippen molar-refractivity contribution in [2.45, 2.75) is 0 Å². The highest BCUT2D eigenvalue weighted by atomic mass is 35.5. The summed E-state index contributed by atoms with van der Waals surface area (Å²) in [6.45, 7) is 0. The Labute approximate surface area is 134 Å². The van der Waals surface area contributed by atoms with Gasteiger partial charge in [0.05, 0.1) is 21.2 Å². The molecule has 0 aliphatic heterocycles. The lowest BCUT2D eigenvalue weighted by Gasteiger charge is -2.06. The molecular formula is C15H8Cl2O5. The van der Waals surface area contributed by atoms with E-state index in [0.717, 1.165) is 12.1 Å². The molecule has 0 spiro atoms. The topological polar surface area (TPSA) is 91.7 Å². The summed E-state index contributed by atoms with van der Waals surface area (Å²) >= 11 is 11.5. The van der Waals surface area contributed by atoms with E-state index in [1.54, 1.807) is 0 Å². The van der Waals surface area contributed by atoms with Gasteiger partial charge >= 0.3 is 11.9 Å². The summed E-state index contributed by atoms with van der Waals surface area (Å²) < 4.78 is 0. The molecule has 0 heterocycles. The monoisotopic (exact) mass is 338 g/mol. The lowest BCUT2D eigenvalue weighted by Crippen LogP contribution is -2.07. The fourth-order valence-corrected chi connectivity index (χ4v) is 2.22. The van der Waals surface area contributed by atoms with Gasteiger partial charge in [0.1, 0.15) is 0 Å². The van der Waals surface area contributed by atoms with Crippen molar-refractivity contribution in [3.63, 3.8) is 0 Å². The molecule has 2 N–H and O–H groups in total. The van der Waals surface area contributed by atoms with Crippen molar-refractivity contribution >= 4 is 40.9 Å². The molecule has 22 heavy (non-hydrogen) atoms. The molecular weight excluding hydrogens is 331 g/mol. The zero-order chi connectivity index (χ0) is 16.4. The van der Waals surface area contributed by atoms with Crippen LogP contribution >= 0.6 is 23.2 Å². The first-order chi connectivity index (χ1) is 10.3. The van der Waals surface area contributed by atoms with Gasteiger partial charge in [-0.15, -0.1) is 0 Å². The molecule has 2 aromatic carbocycles. The van der Waals surface area contributed by atoms with Gasteiger partial charge in [0.15, 0.2) is 5.78 Å². The highest BCUT2D eigenvalue weighted by Crippen LogP contribution is 2.22. The van der Waals surface area contributed by atoms with Gasteiger partial charge in [-0.05, 0) is 36.4 Å². The summed E-state index contributed by atoms with van der Waals surface area (Å²) in [6, 6.07) is 7.61. The number of carbonyl (C=O) groups is 3. The first-order valence-corrected chi connectivity index (χ1v) is 6.67. The number of rotatable bonds is 4. The third-order valence-corrected chi connectivity index (χ3v) is 3.58. The molecule has 0 saturated carbocycles. The smallest absolute Gasteiger partial charge is 0.337 e. The maximum Gasteiger partial charge on any atom is 0.337 e. The molecule has 5 nitrogen and oxygen atoms in total. The zero-order valence-corrected chi connectivity index (χ0v) is 12.4. The third-order valence-electron chi connectivity index (χ3n) is 2.92. The zero-order valence-electron chi connectivity index (χ0n) is 10.8. The van der Waals surface area contributed by atoms with Crippen LogP contribution in [0.3, 0.4) is 0 Å². The highest BCUT2D eigenvalue weighted by molar-refractivity contribution is 6.34. The number of benzene rings is 2. The van der Waals surface area contributed by atoms with Crippen LogP contribution in [0.2, 0.25) is 10.0 Å². The van der Waals surface area contributed by atoms with E-state index in [-0.39, 0.29) is 32.3 Å². The molecule has 0 unspecified atom stereocenters. The number of aromatic carboxylic acids is 2. The van der Waals surface area contributed by atoms with Gasteiger partial charge in [-0.3, -0.25) is 4.79 Å². The Morgan fingerprint density at radius 2 is 1.09 bits per heavy atom. The maximum atomic E-state index is 12.3. The van der Waals surface area contributed by atoms with Crippen molar-refractivity contribution in [2.75, 3.05) is 0 Å². The molecule has 0 bridgehead atoms. The summed E-state index contributed by atoms with van der Waals surface area (Å²) in [6.07, 6.45) is 0. The summed E-state index contributed by atoms with van der Waals surface area (Å²) in [4.78, 5) is 34.4. The van der Waals surface area contributed by atoms with E-state index in [4.69, 9.17) is 33.4 Å².